The van der Waals surface area contributed by atoms with Gasteiger partial charge >= 0.3 is 5.97 Å². The zero-order chi connectivity index (χ0) is 13.7. The van der Waals surface area contributed by atoms with E-state index < -0.39 is 12.0 Å². The number of likely N-dealkylation sites (tertiary alicyclic amines) is 1. The topological polar surface area (TPSA) is 66.8 Å². The van der Waals surface area contributed by atoms with Crippen LogP contribution in [0.3, 0.4) is 0 Å². The van der Waals surface area contributed by atoms with Crippen molar-refractivity contribution < 1.29 is 19.4 Å². The molecule has 1 fully saturated rings. The predicted octanol–water partition coefficient (Wildman–Crippen LogP) is 1.53. The summed E-state index contributed by atoms with van der Waals surface area (Å²) in [6.07, 6.45) is 2.22. The molecule has 1 atom stereocenters. The van der Waals surface area contributed by atoms with Crippen LogP contribution >= 0.6 is 0 Å². The Balaban J connectivity index is 1.93. The average Bonchev–Trinajstić information content (AvgIpc) is 2.46. The molecule has 0 aliphatic carbocycles. The first kappa shape index (κ1) is 13.4. The van der Waals surface area contributed by atoms with E-state index >= 15 is 0 Å². The van der Waals surface area contributed by atoms with Gasteiger partial charge in [-0.2, -0.15) is 0 Å². The minimum atomic E-state index is -0.937. The summed E-state index contributed by atoms with van der Waals surface area (Å²) >= 11 is 0. The summed E-state index contributed by atoms with van der Waals surface area (Å²) in [5, 5.41) is 9.11. The molecule has 1 aromatic rings. The number of hydrogen-bond donors (Lipinski definition) is 1. The predicted molar refractivity (Wildman–Crippen MR) is 68.9 cm³/mol. The molecule has 0 radical (unpaired) electrons. The van der Waals surface area contributed by atoms with Gasteiger partial charge in [0, 0.05) is 6.54 Å². The summed E-state index contributed by atoms with van der Waals surface area (Å²) in [6, 6.07) is 8.32. The van der Waals surface area contributed by atoms with Crippen molar-refractivity contribution in [2.45, 2.75) is 25.3 Å². The van der Waals surface area contributed by atoms with Gasteiger partial charge in [0.05, 0.1) is 0 Å². The third kappa shape index (κ3) is 3.47. The number of rotatable bonds is 4. The van der Waals surface area contributed by atoms with Crippen LogP contribution in [0.5, 0.6) is 5.75 Å². The van der Waals surface area contributed by atoms with Crippen molar-refractivity contribution >= 4 is 11.9 Å². The van der Waals surface area contributed by atoms with Gasteiger partial charge in [0.15, 0.2) is 6.61 Å². The van der Waals surface area contributed by atoms with Crippen LogP contribution in [0.25, 0.3) is 0 Å². The van der Waals surface area contributed by atoms with E-state index in [9.17, 15) is 9.59 Å². The highest BCUT2D eigenvalue weighted by molar-refractivity contribution is 5.84. The molecular weight excluding hydrogens is 246 g/mol. The molecule has 0 saturated carbocycles. The Bertz CT molecular complexity index is 446. The van der Waals surface area contributed by atoms with Crippen molar-refractivity contribution in [3.63, 3.8) is 0 Å². The number of carbonyl (C=O) groups excluding carboxylic acids is 1. The molecule has 102 valence electrons. The number of para-hydroxylation sites is 1. The summed E-state index contributed by atoms with van der Waals surface area (Å²) in [7, 11) is 0. The van der Waals surface area contributed by atoms with E-state index in [1.54, 1.807) is 12.1 Å². The smallest absolute Gasteiger partial charge is 0.326 e. The molecule has 1 saturated heterocycles. The molecular formula is C14H17NO4. The first-order chi connectivity index (χ1) is 9.18. The van der Waals surface area contributed by atoms with Crippen LogP contribution in [0.4, 0.5) is 0 Å². The largest absolute Gasteiger partial charge is 0.484 e. The molecule has 0 aromatic heterocycles. The number of carboxylic acids is 1. The maximum Gasteiger partial charge on any atom is 0.326 e. The minimum Gasteiger partial charge on any atom is -0.484 e. The Morgan fingerprint density at radius 2 is 2.00 bits per heavy atom. The Morgan fingerprint density at radius 1 is 1.26 bits per heavy atom. The van der Waals surface area contributed by atoms with E-state index in [-0.39, 0.29) is 12.5 Å². The second-order valence-electron chi connectivity index (χ2n) is 4.54. The molecule has 5 nitrogen and oxygen atoms in total. The number of hydrogen-bond acceptors (Lipinski definition) is 3. The van der Waals surface area contributed by atoms with Gasteiger partial charge in [-0.15, -0.1) is 0 Å². The number of piperidine rings is 1. The van der Waals surface area contributed by atoms with E-state index in [0.717, 1.165) is 12.8 Å². The third-order valence-electron chi connectivity index (χ3n) is 3.21. The molecule has 1 aromatic carbocycles. The number of carboxylic acid groups (broad SMARTS) is 1. The van der Waals surface area contributed by atoms with Crippen LogP contribution in [0, 0.1) is 0 Å². The molecule has 1 heterocycles. The van der Waals surface area contributed by atoms with Gasteiger partial charge in [-0.1, -0.05) is 18.2 Å². The quantitative estimate of drug-likeness (QED) is 0.894. The van der Waals surface area contributed by atoms with Crippen molar-refractivity contribution in [1.82, 2.24) is 4.90 Å². The Hall–Kier alpha value is -2.04. The van der Waals surface area contributed by atoms with Crippen LogP contribution in [-0.2, 0) is 9.59 Å². The van der Waals surface area contributed by atoms with Crippen LogP contribution in [0.1, 0.15) is 19.3 Å². The molecule has 0 unspecified atom stereocenters. The second-order valence-corrected chi connectivity index (χ2v) is 4.54. The van der Waals surface area contributed by atoms with Gasteiger partial charge in [-0.25, -0.2) is 4.79 Å². The standard InChI is InChI=1S/C14H17NO4/c16-13(10-19-11-6-2-1-3-7-11)15-9-5-4-8-12(15)14(17)18/h1-3,6-7,12H,4-5,8-10H2,(H,17,18)/t12-/m1/s1. The SMILES string of the molecule is O=C(O)[C@H]1CCCCN1C(=O)COc1ccccc1. The molecule has 0 spiro atoms. The number of benzene rings is 1. The van der Waals surface area contributed by atoms with Crippen molar-refractivity contribution in [3.8, 4) is 5.75 Å². The summed E-state index contributed by atoms with van der Waals surface area (Å²) in [6.45, 7) is 0.377. The van der Waals surface area contributed by atoms with E-state index in [1.807, 2.05) is 18.2 Å². The molecule has 1 aliphatic heterocycles. The zero-order valence-electron chi connectivity index (χ0n) is 10.6. The lowest BCUT2D eigenvalue weighted by molar-refractivity contribution is -0.152. The molecule has 1 amide bonds. The summed E-state index contributed by atoms with van der Waals surface area (Å²) < 4.78 is 5.36. The fourth-order valence-corrected chi connectivity index (χ4v) is 2.23. The number of aliphatic carboxylic acids is 1. The maximum absolute atomic E-state index is 12.0. The lowest BCUT2D eigenvalue weighted by Crippen LogP contribution is -2.49. The lowest BCUT2D eigenvalue weighted by atomic mass is 10.0. The van der Waals surface area contributed by atoms with E-state index in [2.05, 4.69) is 0 Å². The highest BCUT2D eigenvalue weighted by Gasteiger charge is 2.31. The fourth-order valence-electron chi connectivity index (χ4n) is 2.23. The highest BCUT2D eigenvalue weighted by Crippen LogP contribution is 2.18. The van der Waals surface area contributed by atoms with Crippen LogP contribution in [0.2, 0.25) is 0 Å². The van der Waals surface area contributed by atoms with Crippen molar-refractivity contribution in [2.75, 3.05) is 13.2 Å². The minimum absolute atomic E-state index is 0.117. The summed E-state index contributed by atoms with van der Waals surface area (Å²) in [5.41, 5.74) is 0. The van der Waals surface area contributed by atoms with Gasteiger partial charge in [0.2, 0.25) is 0 Å². The van der Waals surface area contributed by atoms with Gasteiger partial charge in [-0.3, -0.25) is 4.79 Å². The monoisotopic (exact) mass is 263 g/mol. The summed E-state index contributed by atoms with van der Waals surface area (Å²) in [4.78, 5) is 24.5. The molecule has 5 heteroatoms. The molecule has 1 N–H and O–H groups in total. The first-order valence-electron chi connectivity index (χ1n) is 6.38. The normalized spacial score (nSPS) is 18.9. The lowest BCUT2D eigenvalue weighted by Gasteiger charge is -2.32. The molecule has 19 heavy (non-hydrogen) atoms. The van der Waals surface area contributed by atoms with E-state index in [1.165, 1.54) is 4.90 Å². The number of amides is 1. The average molecular weight is 263 g/mol. The van der Waals surface area contributed by atoms with E-state index in [4.69, 9.17) is 9.84 Å². The van der Waals surface area contributed by atoms with Crippen molar-refractivity contribution in [3.05, 3.63) is 30.3 Å². The number of nitrogens with zero attached hydrogens (tertiary/aromatic N) is 1. The Morgan fingerprint density at radius 3 is 2.68 bits per heavy atom. The second kappa shape index (κ2) is 6.22. The van der Waals surface area contributed by atoms with Crippen LogP contribution in [-0.4, -0.2) is 41.1 Å². The van der Waals surface area contributed by atoms with Crippen molar-refractivity contribution in [2.24, 2.45) is 0 Å². The van der Waals surface area contributed by atoms with Gasteiger partial charge in [0.1, 0.15) is 11.8 Å². The third-order valence-corrected chi connectivity index (χ3v) is 3.21. The zero-order valence-corrected chi connectivity index (χ0v) is 10.6. The molecule has 0 bridgehead atoms. The summed E-state index contributed by atoms with van der Waals surface area (Å²) in [5.74, 6) is -0.594. The fraction of sp³-hybridized carbons (Fsp3) is 0.429. The maximum atomic E-state index is 12.0. The Labute approximate surface area is 111 Å². The first-order valence-corrected chi connectivity index (χ1v) is 6.38. The van der Waals surface area contributed by atoms with Gasteiger partial charge in [0.25, 0.3) is 5.91 Å². The van der Waals surface area contributed by atoms with Crippen LogP contribution in [0.15, 0.2) is 30.3 Å². The van der Waals surface area contributed by atoms with Gasteiger partial charge < -0.3 is 14.7 Å². The highest BCUT2D eigenvalue weighted by atomic mass is 16.5. The van der Waals surface area contributed by atoms with Crippen molar-refractivity contribution in [1.29, 1.82) is 0 Å². The van der Waals surface area contributed by atoms with E-state index in [0.29, 0.717) is 18.7 Å². The Kier molecular flexibility index (Phi) is 4.39. The van der Waals surface area contributed by atoms with Crippen LogP contribution < -0.4 is 4.74 Å². The van der Waals surface area contributed by atoms with Gasteiger partial charge in [-0.05, 0) is 31.4 Å². The number of ether oxygens (including phenoxy) is 1. The molecule has 2 rings (SSSR count). The number of carbonyl (C=O) groups is 2. The molecule has 1 aliphatic rings.